The Bertz CT molecular complexity index is 884. The van der Waals surface area contributed by atoms with Crippen molar-refractivity contribution in [2.75, 3.05) is 5.75 Å². The Kier molecular flexibility index (Phi) is 5.02. The zero-order chi connectivity index (χ0) is 16.8. The van der Waals surface area contributed by atoms with Crippen LogP contribution in [0.3, 0.4) is 0 Å². The fourth-order valence-corrected chi connectivity index (χ4v) is 2.71. The first-order valence-corrected chi connectivity index (χ1v) is 8.15. The van der Waals surface area contributed by atoms with Crippen molar-refractivity contribution >= 4 is 34.7 Å². The molecule has 0 aliphatic carbocycles. The van der Waals surface area contributed by atoms with Crippen LogP contribution in [0, 0.1) is 0 Å². The molecule has 24 heavy (non-hydrogen) atoms. The van der Waals surface area contributed by atoms with E-state index in [1.54, 1.807) is 24.5 Å². The summed E-state index contributed by atoms with van der Waals surface area (Å²) in [4.78, 5) is 19.8. The van der Waals surface area contributed by atoms with Crippen LogP contribution in [-0.4, -0.2) is 32.9 Å². The minimum absolute atomic E-state index is 0.110. The van der Waals surface area contributed by atoms with Gasteiger partial charge in [0.2, 0.25) is 0 Å². The van der Waals surface area contributed by atoms with Gasteiger partial charge in [0, 0.05) is 18.0 Å². The second kappa shape index (κ2) is 7.56. The van der Waals surface area contributed by atoms with E-state index >= 15 is 0 Å². The molecule has 1 aromatic heterocycles. The first kappa shape index (κ1) is 15.9. The molecule has 2 aromatic carbocycles. The molecule has 3 aromatic rings. The summed E-state index contributed by atoms with van der Waals surface area (Å²) in [6, 6.07) is 12.8. The van der Waals surface area contributed by atoms with Crippen LogP contribution in [0.2, 0.25) is 0 Å². The number of aromatic hydroxyl groups is 1. The van der Waals surface area contributed by atoms with Crippen LogP contribution in [0.5, 0.6) is 5.75 Å². The number of amides is 1. The average Bonchev–Trinajstić information content (AvgIpc) is 2.63. The van der Waals surface area contributed by atoms with Crippen molar-refractivity contribution in [2.45, 2.75) is 5.16 Å². The molecule has 6 nitrogen and oxygen atoms in total. The Morgan fingerprint density at radius 2 is 1.96 bits per heavy atom. The Morgan fingerprint density at radius 1 is 1.17 bits per heavy atom. The molecule has 0 aliphatic rings. The largest absolute Gasteiger partial charge is 0.507 e. The molecule has 0 saturated heterocycles. The molecule has 2 N–H and O–H groups in total. The zero-order valence-corrected chi connectivity index (χ0v) is 13.4. The minimum Gasteiger partial charge on any atom is -0.507 e. The summed E-state index contributed by atoms with van der Waals surface area (Å²) in [5.74, 6) is -0.00901. The van der Waals surface area contributed by atoms with Gasteiger partial charge in [-0.25, -0.2) is 15.4 Å². The van der Waals surface area contributed by atoms with Crippen LogP contribution in [0.15, 0.2) is 65.1 Å². The number of hydrogen-bond acceptors (Lipinski definition) is 6. The van der Waals surface area contributed by atoms with Gasteiger partial charge in [0.15, 0.2) is 5.16 Å². The molecule has 1 amide bonds. The van der Waals surface area contributed by atoms with Gasteiger partial charge >= 0.3 is 0 Å². The fraction of sp³-hybridized carbons (Fsp3) is 0.0588. The molecular weight excluding hydrogens is 324 g/mol. The highest BCUT2D eigenvalue weighted by Crippen LogP contribution is 2.25. The van der Waals surface area contributed by atoms with Crippen molar-refractivity contribution < 1.29 is 9.90 Å². The molecule has 0 aliphatic heterocycles. The number of benzene rings is 2. The van der Waals surface area contributed by atoms with E-state index in [2.05, 4.69) is 20.5 Å². The van der Waals surface area contributed by atoms with Crippen molar-refractivity contribution in [1.82, 2.24) is 15.4 Å². The second-order valence-corrected chi connectivity index (χ2v) is 5.78. The molecule has 7 heteroatoms. The Labute approximate surface area is 142 Å². The monoisotopic (exact) mass is 338 g/mol. The minimum atomic E-state index is -0.275. The number of aromatic nitrogens is 2. The Hall–Kier alpha value is -2.93. The summed E-state index contributed by atoms with van der Waals surface area (Å²) in [6.07, 6.45) is 4.68. The van der Waals surface area contributed by atoms with Gasteiger partial charge in [-0.3, -0.25) is 4.79 Å². The summed E-state index contributed by atoms with van der Waals surface area (Å²) in [5, 5.41) is 16.3. The predicted octanol–water partition coefficient (Wildman–Crippen LogP) is 2.58. The van der Waals surface area contributed by atoms with Gasteiger partial charge in [-0.1, -0.05) is 42.1 Å². The summed E-state index contributed by atoms with van der Waals surface area (Å²) in [6.45, 7) is 0. The third-order valence-corrected chi connectivity index (χ3v) is 4.08. The Morgan fingerprint density at radius 3 is 2.79 bits per heavy atom. The maximum absolute atomic E-state index is 11.8. The van der Waals surface area contributed by atoms with E-state index in [0.29, 0.717) is 10.7 Å². The zero-order valence-electron chi connectivity index (χ0n) is 12.6. The van der Waals surface area contributed by atoms with E-state index < -0.39 is 0 Å². The maximum Gasteiger partial charge on any atom is 0.250 e. The van der Waals surface area contributed by atoms with E-state index in [1.165, 1.54) is 18.0 Å². The number of phenols is 1. The third kappa shape index (κ3) is 3.88. The summed E-state index contributed by atoms with van der Waals surface area (Å²) in [7, 11) is 0. The molecule has 0 fully saturated rings. The number of thioether (sulfide) groups is 1. The van der Waals surface area contributed by atoms with Crippen LogP contribution >= 0.6 is 11.8 Å². The van der Waals surface area contributed by atoms with Crippen molar-refractivity contribution in [2.24, 2.45) is 5.10 Å². The summed E-state index contributed by atoms with van der Waals surface area (Å²) >= 11 is 1.22. The molecule has 0 saturated carbocycles. The van der Waals surface area contributed by atoms with Gasteiger partial charge in [-0.15, -0.1) is 0 Å². The number of nitrogens with zero attached hydrogens (tertiary/aromatic N) is 3. The number of fused-ring (bicyclic) bond motifs is 1. The highest BCUT2D eigenvalue weighted by Gasteiger charge is 2.05. The normalized spacial score (nSPS) is 11.0. The Balaban J connectivity index is 1.64. The van der Waals surface area contributed by atoms with Crippen LogP contribution in [-0.2, 0) is 4.79 Å². The van der Waals surface area contributed by atoms with E-state index in [4.69, 9.17) is 0 Å². The molecule has 0 radical (unpaired) electrons. The fourth-order valence-electron chi connectivity index (χ4n) is 2.11. The van der Waals surface area contributed by atoms with Gasteiger partial charge in [-0.2, -0.15) is 5.10 Å². The van der Waals surface area contributed by atoms with E-state index in [9.17, 15) is 9.90 Å². The van der Waals surface area contributed by atoms with Crippen LogP contribution in [0.1, 0.15) is 5.56 Å². The quantitative estimate of drug-likeness (QED) is 0.323. The third-order valence-electron chi connectivity index (χ3n) is 3.21. The molecule has 120 valence electrons. The number of hydrazone groups is 1. The van der Waals surface area contributed by atoms with Crippen molar-refractivity contribution in [1.29, 1.82) is 0 Å². The number of hydrogen-bond donors (Lipinski definition) is 2. The number of carbonyl (C=O) groups is 1. The van der Waals surface area contributed by atoms with Gasteiger partial charge in [0.05, 0.1) is 12.0 Å². The predicted molar refractivity (Wildman–Crippen MR) is 94.1 cm³/mol. The molecule has 0 unspecified atom stereocenters. The van der Waals surface area contributed by atoms with Gasteiger partial charge in [0.25, 0.3) is 5.91 Å². The molecule has 0 spiro atoms. The first-order valence-electron chi connectivity index (χ1n) is 7.16. The smallest absolute Gasteiger partial charge is 0.250 e. The first-order chi connectivity index (χ1) is 11.7. The number of rotatable bonds is 5. The number of phenolic OH excluding ortho intramolecular Hbond substituents is 1. The van der Waals surface area contributed by atoms with Crippen molar-refractivity contribution in [3.8, 4) is 5.75 Å². The van der Waals surface area contributed by atoms with Crippen LogP contribution in [0.25, 0.3) is 10.8 Å². The summed E-state index contributed by atoms with van der Waals surface area (Å²) < 4.78 is 0. The molecule has 0 bridgehead atoms. The van der Waals surface area contributed by atoms with E-state index in [-0.39, 0.29) is 17.4 Å². The summed E-state index contributed by atoms with van der Waals surface area (Å²) in [5.41, 5.74) is 3.00. The van der Waals surface area contributed by atoms with Gasteiger partial charge < -0.3 is 5.11 Å². The lowest BCUT2D eigenvalue weighted by molar-refractivity contribution is -0.118. The SMILES string of the molecule is O=C(CSc1ncccn1)N/N=C/c1c(O)ccc2ccccc12. The van der Waals surface area contributed by atoms with Gasteiger partial charge in [0.1, 0.15) is 5.75 Å². The lowest BCUT2D eigenvalue weighted by atomic mass is 10.0. The highest BCUT2D eigenvalue weighted by atomic mass is 32.2. The second-order valence-electron chi connectivity index (χ2n) is 4.83. The van der Waals surface area contributed by atoms with Crippen LogP contribution in [0.4, 0.5) is 0 Å². The average molecular weight is 338 g/mol. The van der Waals surface area contributed by atoms with Gasteiger partial charge in [-0.05, 0) is 22.9 Å². The molecular formula is C17H14N4O2S. The number of carbonyl (C=O) groups excluding carboxylic acids is 1. The van der Waals surface area contributed by atoms with E-state index in [1.807, 2.05) is 30.3 Å². The maximum atomic E-state index is 11.8. The van der Waals surface area contributed by atoms with Crippen LogP contribution < -0.4 is 5.43 Å². The highest BCUT2D eigenvalue weighted by molar-refractivity contribution is 7.99. The lowest BCUT2D eigenvalue weighted by Gasteiger charge is -2.04. The molecule has 0 atom stereocenters. The lowest BCUT2D eigenvalue weighted by Crippen LogP contribution is -2.19. The topological polar surface area (TPSA) is 87.5 Å². The van der Waals surface area contributed by atoms with Crippen molar-refractivity contribution in [3.63, 3.8) is 0 Å². The number of nitrogens with one attached hydrogen (secondary N) is 1. The van der Waals surface area contributed by atoms with Crippen molar-refractivity contribution in [3.05, 3.63) is 60.4 Å². The van der Waals surface area contributed by atoms with E-state index in [0.717, 1.165) is 10.8 Å². The standard InChI is InChI=1S/C17H14N4O2S/c22-15-7-6-12-4-1-2-5-13(12)14(15)10-20-21-16(23)11-24-17-18-8-3-9-19-17/h1-10,22H,11H2,(H,21,23)/b20-10+. The molecule has 1 heterocycles. The molecule has 3 rings (SSSR count).